The molecule has 1 aliphatic heterocycles. The van der Waals surface area contributed by atoms with E-state index < -0.39 is 9.84 Å². The van der Waals surface area contributed by atoms with E-state index in [4.69, 9.17) is 9.47 Å². The number of benzene rings is 2. The van der Waals surface area contributed by atoms with E-state index in [1.54, 1.807) is 59.4 Å². The number of sulfone groups is 1. The summed E-state index contributed by atoms with van der Waals surface area (Å²) in [5, 5.41) is 7.05. The molecule has 0 atom stereocenters. The molecule has 2 aromatic carbocycles. The Labute approximate surface area is 161 Å². The minimum absolute atomic E-state index is 0.169. The highest BCUT2D eigenvalue weighted by Crippen LogP contribution is 2.34. The van der Waals surface area contributed by atoms with Crippen LogP contribution >= 0.6 is 0 Å². The van der Waals surface area contributed by atoms with E-state index >= 15 is 0 Å². The molecule has 3 aromatic rings. The summed E-state index contributed by atoms with van der Waals surface area (Å²) in [6, 6.07) is 13.3. The van der Waals surface area contributed by atoms with E-state index in [1.807, 2.05) is 0 Å². The van der Waals surface area contributed by atoms with E-state index in [1.165, 1.54) is 6.26 Å². The van der Waals surface area contributed by atoms with Gasteiger partial charge in [-0.2, -0.15) is 5.10 Å². The van der Waals surface area contributed by atoms with Gasteiger partial charge in [0.15, 0.2) is 27.0 Å². The van der Waals surface area contributed by atoms with Gasteiger partial charge in [0, 0.05) is 24.2 Å². The van der Waals surface area contributed by atoms with Crippen LogP contribution < -0.4 is 14.8 Å². The molecule has 0 bridgehead atoms. The largest absolute Gasteiger partial charge is 0.454 e. The van der Waals surface area contributed by atoms with Gasteiger partial charge in [-0.3, -0.25) is 9.48 Å². The molecule has 4 rings (SSSR count). The first-order chi connectivity index (χ1) is 13.4. The molecule has 2 heterocycles. The monoisotopic (exact) mass is 399 g/mol. The Balaban J connectivity index is 1.43. The van der Waals surface area contributed by atoms with Crippen molar-refractivity contribution in [3.05, 3.63) is 66.0 Å². The van der Waals surface area contributed by atoms with Gasteiger partial charge in [0.05, 0.1) is 11.4 Å². The number of nitrogens with zero attached hydrogens (tertiary/aromatic N) is 2. The molecule has 28 heavy (non-hydrogen) atoms. The maximum atomic E-state index is 12.4. The van der Waals surface area contributed by atoms with Crippen molar-refractivity contribution in [1.82, 2.24) is 9.78 Å². The third-order valence-electron chi connectivity index (χ3n) is 4.20. The molecule has 0 unspecified atom stereocenters. The minimum atomic E-state index is -3.23. The molecular weight excluding hydrogens is 382 g/mol. The second-order valence-corrected chi connectivity index (χ2v) is 8.35. The van der Waals surface area contributed by atoms with E-state index in [2.05, 4.69) is 10.4 Å². The zero-order valence-corrected chi connectivity index (χ0v) is 15.8. The molecule has 1 aromatic heterocycles. The highest BCUT2D eigenvalue weighted by atomic mass is 32.2. The van der Waals surface area contributed by atoms with Crippen molar-refractivity contribution in [3.8, 4) is 11.5 Å². The standard InChI is InChI=1S/C19H17N3O5S/c1-28(24,25)15-5-2-13(3-6-15)11-22-9-8-16(21-22)19(23)20-14-4-7-17-18(10-14)27-12-26-17/h2-10H,11-12H2,1H3,(H,20,23). The Morgan fingerprint density at radius 3 is 2.61 bits per heavy atom. The smallest absolute Gasteiger partial charge is 0.276 e. The average Bonchev–Trinajstić information content (AvgIpc) is 3.30. The highest BCUT2D eigenvalue weighted by Gasteiger charge is 2.16. The van der Waals surface area contributed by atoms with Gasteiger partial charge in [-0.1, -0.05) is 12.1 Å². The lowest BCUT2D eigenvalue weighted by Crippen LogP contribution is -2.13. The Kier molecular flexibility index (Phi) is 4.52. The van der Waals surface area contributed by atoms with Crippen molar-refractivity contribution in [1.29, 1.82) is 0 Å². The number of ether oxygens (including phenoxy) is 2. The van der Waals surface area contributed by atoms with Crippen molar-refractivity contribution in [2.45, 2.75) is 11.4 Å². The van der Waals surface area contributed by atoms with Gasteiger partial charge >= 0.3 is 0 Å². The number of rotatable bonds is 5. The first-order valence-electron chi connectivity index (χ1n) is 8.42. The molecule has 9 heteroatoms. The fourth-order valence-electron chi connectivity index (χ4n) is 2.77. The third-order valence-corrected chi connectivity index (χ3v) is 5.33. The molecule has 1 N–H and O–H groups in total. The number of hydrogen-bond donors (Lipinski definition) is 1. The zero-order valence-electron chi connectivity index (χ0n) is 15.0. The topological polar surface area (TPSA) is 99.5 Å². The number of carbonyl (C=O) groups is 1. The lowest BCUT2D eigenvalue weighted by atomic mass is 10.2. The predicted octanol–water partition coefficient (Wildman–Crippen LogP) is 2.32. The quantitative estimate of drug-likeness (QED) is 0.707. The molecule has 0 radical (unpaired) electrons. The van der Waals surface area contributed by atoms with E-state index in [-0.39, 0.29) is 23.3 Å². The Bertz CT molecular complexity index is 1140. The van der Waals surface area contributed by atoms with Crippen molar-refractivity contribution in [2.24, 2.45) is 0 Å². The summed E-state index contributed by atoms with van der Waals surface area (Å²) >= 11 is 0. The van der Waals surface area contributed by atoms with Crippen LogP contribution in [0.1, 0.15) is 16.1 Å². The number of aromatic nitrogens is 2. The molecule has 8 nitrogen and oxygen atoms in total. The fraction of sp³-hybridized carbons (Fsp3) is 0.158. The van der Waals surface area contributed by atoms with Gasteiger partial charge in [-0.25, -0.2) is 8.42 Å². The van der Waals surface area contributed by atoms with Gasteiger partial charge < -0.3 is 14.8 Å². The Morgan fingerprint density at radius 1 is 1.11 bits per heavy atom. The van der Waals surface area contributed by atoms with Crippen LogP contribution in [0.25, 0.3) is 0 Å². The first-order valence-corrected chi connectivity index (χ1v) is 10.3. The maximum Gasteiger partial charge on any atom is 0.276 e. The van der Waals surface area contributed by atoms with E-state index in [0.717, 1.165) is 5.56 Å². The van der Waals surface area contributed by atoms with Crippen molar-refractivity contribution in [3.63, 3.8) is 0 Å². The molecule has 0 saturated heterocycles. The molecule has 1 amide bonds. The number of fused-ring (bicyclic) bond motifs is 1. The third kappa shape index (κ3) is 3.84. The highest BCUT2D eigenvalue weighted by molar-refractivity contribution is 7.90. The molecule has 144 valence electrons. The number of hydrogen-bond acceptors (Lipinski definition) is 6. The van der Waals surface area contributed by atoms with Crippen LogP contribution in [0, 0.1) is 0 Å². The Hall–Kier alpha value is -3.33. The molecule has 0 fully saturated rings. The number of nitrogens with one attached hydrogen (secondary N) is 1. The predicted molar refractivity (Wildman–Crippen MR) is 101 cm³/mol. The Morgan fingerprint density at radius 2 is 1.86 bits per heavy atom. The van der Waals surface area contributed by atoms with Gasteiger partial charge in [0.2, 0.25) is 6.79 Å². The molecule has 1 aliphatic rings. The SMILES string of the molecule is CS(=O)(=O)c1ccc(Cn2ccc(C(=O)Nc3ccc4c(c3)OCO4)n2)cc1. The van der Waals surface area contributed by atoms with Crippen LogP contribution in [0.2, 0.25) is 0 Å². The molecular formula is C19H17N3O5S. The second kappa shape index (κ2) is 7.01. The summed E-state index contributed by atoms with van der Waals surface area (Å²) in [5.74, 6) is 0.884. The summed E-state index contributed by atoms with van der Waals surface area (Å²) in [4.78, 5) is 12.7. The second-order valence-electron chi connectivity index (χ2n) is 6.34. The summed E-state index contributed by atoms with van der Waals surface area (Å²) in [6.07, 6.45) is 2.86. The van der Waals surface area contributed by atoms with Gasteiger partial charge in [0.25, 0.3) is 5.91 Å². The fourth-order valence-corrected chi connectivity index (χ4v) is 3.40. The van der Waals surface area contributed by atoms with Crippen LogP contribution in [-0.4, -0.2) is 37.2 Å². The van der Waals surface area contributed by atoms with Gasteiger partial charge in [0.1, 0.15) is 0 Å². The zero-order chi connectivity index (χ0) is 19.7. The van der Waals surface area contributed by atoms with Crippen LogP contribution in [0.5, 0.6) is 11.5 Å². The number of anilines is 1. The summed E-state index contributed by atoms with van der Waals surface area (Å²) < 4.78 is 35.2. The van der Waals surface area contributed by atoms with Crippen molar-refractivity contribution >= 4 is 21.4 Å². The lowest BCUT2D eigenvalue weighted by molar-refractivity contribution is 0.102. The maximum absolute atomic E-state index is 12.4. The van der Waals surface area contributed by atoms with Gasteiger partial charge in [-0.15, -0.1) is 0 Å². The lowest BCUT2D eigenvalue weighted by Gasteiger charge is -2.05. The number of amides is 1. The van der Waals surface area contributed by atoms with Crippen molar-refractivity contribution < 1.29 is 22.7 Å². The minimum Gasteiger partial charge on any atom is -0.454 e. The van der Waals surface area contributed by atoms with Crippen LogP contribution in [0.4, 0.5) is 5.69 Å². The van der Waals surface area contributed by atoms with E-state index in [9.17, 15) is 13.2 Å². The van der Waals surface area contributed by atoms with Gasteiger partial charge in [-0.05, 0) is 35.9 Å². The summed E-state index contributed by atoms with van der Waals surface area (Å²) in [7, 11) is -3.23. The van der Waals surface area contributed by atoms with Crippen LogP contribution in [-0.2, 0) is 16.4 Å². The summed E-state index contributed by atoms with van der Waals surface area (Å²) in [6.45, 7) is 0.587. The van der Waals surface area contributed by atoms with Crippen molar-refractivity contribution in [2.75, 3.05) is 18.4 Å². The normalized spacial score (nSPS) is 12.8. The first kappa shape index (κ1) is 18.1. The van der Waals surface area contributed by atoms with Crippen LogP contribution in [0.3, 0.4) is 0 Å². The number of carbonyl (C=O) groups excluding carboxylic acids is 1. The van der Waals surface area contributed by atoms with Crippen LogP contribution in [0.15, 0.2) is 59.6 Å². The molecule has 0 saturated carbocycles. The molecule has 0 aliphatic carbocycles. The van der Waals surface area contributed by atoms with E-state index in [0.29, 0.717) is 23.7 Å². The summed E-state index contributed by atoms with van der Waals surface area (Å²) in [5.41, 5.74) is 1.73. The molecule has 0 spiro atoms. The average molecular weight is 399 g/mol.